The third kappa shape index (κ3) is 3.47. The van der Waals surface area contributed by atoms with Gasteiger partial charge in [-0.2, -0.15) is 0 Å². The number of ether oxygens (including phenoxy) is 3. The molecule has 0 unspecified atom stereocenters. The van der Waals surface area contributed by atoms with Gasteiger partial charge in [-0.15, -0.1) is 0 Å². The molecule has 6 heteroatoms. The minimum Gasteiger partial charge on any atom is -0.493 e. The first-order valence-electron chi connectivity index (χ1n) is 9.16. The molecule has 1 aliphatic carbocycles. The number of nitrogens with zero attached hydrogens (tertiary/aromatic N) is 2. The lowest BCUT2D eigenvalue weighted by Gasteiger charge is -2.48. The van der Waals surface area contributed by atoms with Crippen LogP contribution in [0.3, 0.4) is 0 Å². The lowest BCUT2D eigenvalue weighted by Crippen LogP contribution is -2.62. The van der Waals surface area contributed by atoms with E-state index in [1.165, 1.54) is 12.8 Å². The Morgan fingerprint density at radius 1 is 1.16 bits per heavy atom. The number of halogens is 1. The Morgan fingerprint density at radius 2 is 2.00 bits per heavy atom. The standard InChI is InChI=1S/C19H27ClN2O3/c1-23-17-6-5-14(18(20)19(17)24-2)9-21-7-8-22-15(10-21)11-25-12-16(22)13-3-4-13/h5-6,13,15-16H,3-4,7-12H2,1-2H3/t15-,16-/m1/s1. The molecule has 3 fully saturated rings. The van der Waals surface area contributed by atoms with Gasteiger partial charge < -0.3 is 14.2 Å². The minimum atomic E-state index is 0.506. The van der Waals surface area contributed by atoms with Crippen molar-refractivity contribution in [1.29, 1.82) is 0 Å². The summed E-state index contributed by atoms with van der Waals surface area (Å²) >= 11 is 6.56. The molecule has 0 aromatic heterocycles. The Balaban J connectivity index is 1.44. The summed E-state index contributed by atoms with van der Waals surface area (Å²) in [6.07, 6.45) is 2.75. The van der Waals surface area contributed by atoms with Crippen LogP contribution in [0, 0.1) is 5.92 Å². The zero-order chi connectivity index (χ0) is 17.4. The molecule has 25 heavy (non-hydrogen) atoms. The van der Waals surface area contributed by atoms with Crippen LogP contribution in [0.25, 0.3) is 0 Å². The number of piperazine rings is 1. The van der Waals surface area contributed by atoms with Crippen molar-refractivity contribution < 1.29 is 14.2 Å². The van der Waals surface area contributed by atoms with Crippen molar-refractivity contribution in [2.75, 3.05) is 47.1 Å². The van der Waals surface area contributed by atoms with Gasteiger partial charge in [0, 0.05) is 38.3 Å². The van der Waals surface area contributed by atoms with Gasteiger partial charge in [0.2, 0.25) is 0 Å². The molecular formula is C19H27ClN2O3. The topological polar surface area (TPSA) is 34.2 Å². The van der Waals surface area contributed by atoms with Gasteiger partial charge in [0.15, 0.2) is 11.5 Å². The van der Waals surface area contributed by atoms with Gasteiger partial charge in [-0.25, -0.2) is 0 Å². The fourth-order valence-corrected chi connectivity index (χ4v) is 4.56. The zero-order valence-corrected chi connectivity index (χ0v) is 15.8. The summed E-state index contributed by atoms with van der Waals surface area (Å²) in [5.74, 6) is 2.17. The highest BCUT2D eigenvalue weighted by Crippen LogP contribution is 2.40. The van der Waals surface area contributed by atoms with E-state index >= 15 is 0 Å². The molecule has 1 saturated carbocycles. The molecule has 0 spiro atoms. The van der Waals surface area contributed by atoms with E-state index in [9.17, 15) is 0 Å². The Hall–Kier alpha value is -1.01. The molecule has 2 heterocycles. The number of rotatable bonds is 5. The summed E-state index contributed by atoms with van der Waals surface area (Å²) in [4.78, 5) is 5.18. The SMILES string of the molecule is COc1ccc(CN2CCN3[C@@H](COC[C@@H]3C3CC3)C2)c(Cl)c1OC. The second-order valence-electron chi connectivity index (χ2n) is 7.34. The van der Waals surface area contributed by atoms with Crippen molar-refractivity contribution in [3.05, 3.63) is 22.7 Å². The van der Waals surface area contributed by atoms with Crippen LogP contribution < -0.4 is 9.47 Å². The molecule has 2 saturated heterocycles. The predicted octanol–water partition coefficient (Wildman–Crippen LogP) is 2.65. The van der Waals surface area contributed by atoms with Crippen LogP contribution in [0.5, 0.6) is 11.5 Å². The van der Waals surface area contributed by atoms with E-state index in [4.69, 9.17) is 25.8 Å². The van der Waals surface area contributed by atoms with Gasteiger partial charge in [0.25, 0.3) is 0 Å². The summed E-state index contributed by atoms with van der Waals surface area (Å²) in [5.41, 5.74) is 1.09. The van der Waals surface area contributed by atoms with Gasteiger partial charge in [-0.3, -0.25) is 9.80 Å². The first kappa shape index (κ1) is 17.4. The van der Waals surface area contributed by atoms with E-state index in [1.54, 1.807) is 14.2 Å². The van der Waals surface area contributed by atoms with Crippen LogP contribution in [0.15, 0.2) is 12.1 Å². The zero-order valence-electron chi connectivity index (χ0n) is 15.0. The van der Waals surface area contributed by atoms with Crippen LogP contribution in [0.1, 0.15) is 18.4 Å². The van der Waals surface area contributed by atoms with Gasteiger partial charge >= 0.3 is 0 Å². The summed E-state index contributed by atoms with van der Waals surface area (Å²) < 4.78 is 16.7. The fourth-order valence-electron chi connectivity index (χ4n) is 4.26. The molecule has 1 aromatic rings. The highest BCUT2D eigenvalue weighted by atomic mass is 35.5. The average Bonchev–Trinajstić information content (AvgIpc) is 3.47. The minimum absolute atomic E-state index is 0.506. The fraction of sp³-hybridized carbons (Fsp3) is 0.684. The number of fused-ring (bicyclic) bond motifs is 1. The molecule has 2 aliphatic heterocycles. The van der Waals surface area contributed by atoms with Crippen LogP contribution >= 0.6 is 11.6 Å². The number of methoxy groups -OCH3 is 2. The number of hydrogen-bond donors (Lipinski definition) is 0. The van der Waals surface area contributed by atoms with Gasteiger partial charge in [-0.05, 0) is 30.4 Å². The second kappa shape index (κ2) is 7.31. The van der Waals surface area contributed by atoms with Crippen molar-refractivity contribution >= 4 is 11.6 Å². The van der Waals surface area contributed by atoms with Gasteiger partial charge in [0.1, 0.15) is 0 Å². The lowest BCUT2D eigenvalue weighted by molar-refractivity contribution is -0.0880. The molecule has 0 N–H and O–H groups in total. The van der Waals surface area contributed by atoms with E-state index < -0.39 is 0 Å². The van der Waals surface area contributed by atoms with E-state index in [-0.39, 0.29) is 0 Å². The highest BCUT2D eigenvalue weighted by Gasteiger charge is 2.42. The van der Waals surface area contributed by atoms with Crippen LogP contribution in [-0.4, -0.2) is 69.0 Å². The molecule has 1 aromatic carbocycles. The highest BCUT2D eigenvalue weighted by molar-refractivity contribution is 6.33. The molecule has 2 atom stereocenters. The van der Waals surface area contributed by atoms with E-state index in [2.05, 4.69) is 9.80 Å². The van der Waals surface area contributed by atoms with Crippen molar-refractivity contribution in [3.8, 4) is 11.5 Å². The monoisotopic (exact) mass is 366 g/mol. The molecule has 0 amide bonds. The summed E-state index contributed by atoms with van der Waals surface area (Å²) in [6.45, 7) is 5.83. The first-order chi connectivity index (χ1) is 12.2. The van der Waals surface area contributed by atoms with E-state index in [0.717, 1.165) is 50.9 Å². The molecule has 5 nitrogen and oxygen atoms in total. The summed E-state index contributed by atoms with van der Waals surface area (Å²) in [5, 5.41) is 0.653. The second-order valence-corrected chi connectivity index (χ2v) is 7.72. The number of benzene rings is 1. The number of morpholine rings is 1. The van der Waals surface area contributed by atoms with Gasteiger partial charge in [-0.1, -0.05) is 17.7 Å². The molecule has 0 radical (unpaired) electrons. The maximum Gasteiger partial charge on any atom is 0.179 e. The summed E-state index contributed by atoms with van der Waals surface area (Å²) in [7, 11) is 3.26. The lowest BCUT2D eigenvalue weighted by atomic mass is 10.0. The average molecular weight is 367 g/mol. The van der Waals surface area contributed by atoms with Crippen molar-refractivity contribution in [3.63, 3.8) is 0 Å². The van der Waals surface area contributed by atoms with Crippen molar-refractivity contribution in [2.45, 2.75) is 31.5 Å². The first-order valence-corrected chi connectivity index (χ1v) is 9.54. The molecule has 4 rings (SSSR count). The quantitative estimate of drug-likeness (QED) is 0.800. The van der Waals surface area contributed by atoms with Crippen LogP contribution in [-0.2, 0) is 11.3 Å². The third-order valence-electron chi connectivity index (χ3n) is 5.76. The van der Waals surface area contributed by atoms with Crippen LogP contribution in [0.4, 0.5) is 0 Å². The number of hydrogen-bond acceptors (Lipinski definition) is 5. The van der Waals surface area contributed by atoms with Crippen molar-refractivity contribution in [1.82, 2.24) is 9.80 Å². The van der Waals surface area contributed by atoms with E-state index in [0.29, 0.717) is 28.6 Å². The maximum atomic E-state index is 6.56. The normalized spacial score (nSPS) is 27.8. The van der Waals surface area contributed by atoms with E-state index in [1.807, 2.05) is 12.1 Å². The predicted molar refractivity (Wildman–Crippen MR) is 97.7 cm³/mol. The Kier molecular flexibility index (Phi) is 5.09. The molecular weight excluding hydrogens is 340 g/mol. The van der Waals surface area contributed by atoms with Crippen LogP contribution in [0.2, 0.25) is 5.02 Å². The molecule has 138 valence electrons. The molecule has 0 bridgehead atoms. The molecule has 3 aliphatic rings. The maximum absolute atomic E-state index is 6.56. The Bertz CT molecular complexity index is 623. The third-order valence-corrected chi connectivity index (χ3v) is 6.18. The van der Waals surface area contributed by atoms with Crippen molar-refractivity contribution in [2.24, 2.45) is 5.92 Å². The Morgan fingerprint density at radius 3 is 2.72 bits per heavy atom. The smallest absolute Gasteiger partial charge is 0.179 e. The van der Waals surface area contributed by atoms with Gasteiger partial charge in [0.05, 0.1) is 32.5 Å². The largest absolute Gasteiger partial charge is 0.493 e. The summed E-state index contributed by atoms with van der Waals surface area (Å²) in [6, 6.07) is 5.13. The Labute approximate surface area is 154 Å².